The summed E-state index contributed by atoms with van der Waals surface area (Å²) in [5, 5.41) is 11.5. The van der Waals surface area contributed by atoms with Crippen LogP contribution in [0.5, 0.6) is 0 Å². The predicted octanol–water partition coefficient (Wildman–Crippen LogP) is 4.61. The van der Waals surface area contributed by atoms with Gasteiger partial charge in [0, 0.05) is 30.7 Å². The van der Waals surface area contributed by atoms with Crippen LogP contribution in [-0.4, -0.2) is 33.5 Å². The van der Waals surface area contributed by atoms with E-state index in [1.807, 2.05) is 12.1 Å². The summed E-state index contributed by atoms with van der Waals surface area (Å²) in [7, 11) is 1.75. The molecule has 0 aliphatic rings. The number of thiazole rings is 1. The minimum atomic E-state index is -0.429. The number of thioether (sulfide) groups is 1. The van der Waals surface area contributed by atoms with E-state index in [2.05, 4.69) is 4.98 Å². The summed E-state index contributed by atoms with van der Waals surface area (Å²) in [4.78, 5) is 28.8. The van der Waals surface area contributed by atoms with E-state index in [-0.39, 0.29) is 17.3 Å². The van der Waals surface area contributed by atoms with E-state index in [4.69, 9.17) is 11.6 Å². The van der Waals surface area contributed by atoms with Crippen LogP contribution in [0, 0.1) is 10.1 Å². The molecule has 2 aromatic carbocycles. The molecule has 26 heavy (non-hydrogen) atoms. The number of hydrogen-bond donors (Lipinski definition) is 0. The van der Waals surface area contributed by atoms with Crippen molar-refractivity contribution in [2.75, 3.05) is 12.8 Å². The molecule has 0 unspecified atom stereocenters. The van der Waals surface area contributed by atoms with Gasteiger partial charge in [-0.25, -0.2) is 4.98 Å². The molecule has 134 valence electrons. The van der Waals surface area contributed by atoms with E-state index in [1.165, 1.54) is 35.2 Å². The Morgan fingerprint density at radius 3 is 2.73 bits per heavy atom. The van der Waals surface area contributed by atoms with E-state index in [9.17, 15) is 14.9 Å². The Hall–Kier alpha value is -2.16. The number of benzene rings is 2. The topological polar surface area (TPSA) is 76.3 Å². The Morgan fingerprint density at radius 1 is 1.31 bits per heavy atom. The Morgan fingerprint density at radius 2 is 2.04 bits per heavy atom. The van der Waals surface area contributed by atoms with E-state index in [0.29, 0.717) is 21.4 Å². The molecule has 0 radical (unpaired) electrons. The van der Waals surface area contributed by atoms with Crippen LogP contribution in [0.2, 0.25) is 5.02 Å². The van der Waals surface area contributed by atoms with Gasteiger partial charge in [0.15, 0.2) is 4.34 Å². The van der Waals surface area contributed by atoms with Gasteiger partial charge in [-0.05, 0) is 23.8 Å². The molecule has 0 aliphatic carbocycles. The lowest BCUT2D eigenvalue weighted by atomic mass is 10.2. The van der Waals surface area contributed by atoms with Crippen LogP contribution in [0.4, 0.5) is 5.69 Å². The predicted molar refractivity (Wildman–Crippen MR) is 105 cm³/mol. The number of nitrogens with zero attached hydrogens (tertiary/aromatic N) is 3. The van der Waals surface area contributed by atoms with E-state index in [0.717, 1.165) is 10.3 Å². The van der Waals surface area contributed by atoms with Crippen molar-refractivity contribution in [3.05, 3.63) is 63.2 Å². The second-order valence-corrected chi connectivity index (χ2v) is 8.24. The number of amides is 1. The highest BCUT2D eigenvalue weighted by Gasteiger charge is 2.14. The van der Waals surface area contributed by atoms with Crippen LogP contribution in [0.25, 0.3) is 10.2 Å². The molecule has 1 amide bonds. The van der Waals surface area contributed by atoms with Crippen molar-refractivity contribution in [2.45, 2.75) is 10.9 Å². The van der Waals surface area contributed by atoms with Crippen molar-refractivity contribution in [1.29, 1.82) is 0 Å². The average Bonchev–Trinajstić information content (AvgIpc) is 3.03. The fraction of sp³-hybridized carbons (Fsp3) is 0.176. The van der Waals surface area contributed by atoms with Gasteiger partial charge in [-0.2, -0.15) is 0 Å². The van der Waals surface area contributed by atoms with Gasteiger partial charge in [0.2, 0.25) is 5.91 Å². The molecule has 0 N–H and O–H groups in total. The zero-order chi connectivity index (χ0) is 18.7. The quantitative estimate of drug-likeness (QED) is 0.339. The fourth-order valence-corrected chi connectivity index (χ4v) is 4.42. The van der Waals surface area contributed by atoms with Crippen molar-refractivity contribution in [3.63, 3.8) is 0 Å². The number of aromatic nitrogens is 1. The van der Waals surface area contributed by atoms with Gasteiger partial charge in [-0.15, -0.1) is 11.3 Å². The van der Waals surface area contributed by atoms with Gasteiger partial charge in [0.05, 0.1) is 20.9 Å². The fourth-order valence-electron chi connectivity index (χ4n) is 2.25. The number of hydrogen-bond acceptors (Lipinski definition) is 6. The molecule has 3 aromatic rings. The van der Waals surface area contributed by atoms with Crippen LogP contribution in [0.1, 0.15) is 5.56 Å². The first-order chi connectivity index (χ1) is 12.4. The van der Waals surface area contributed by atoms with E-state index in [1.54, 1.807) is 30.1 Å². The number of rotatable bonds is 6. The highest BCUT2D eigenvalue weighted by Crippen LogP contribution is 2.31. The highest BCUT2D eigenvalue weighted by molar-refractivity contribution is 8.01. The third-order valence-electron chi connectivity index (χ3n) is 3.64. The molecule has 3 rings (SSSR count). The van der Waals surface area contributed by atoms with Crippen LogP contribution < -0.4 is 0 Å². The molecule has 0 spiro atoms. The molecule has 0 bridgehead atoms. The maximum absolute atomic E-state index is 12.3. The number of non-ortho nitro benzene ring substituents is 1. The third-order valence-corrected chi connectivity index (χ3v) is 6.04. The second kappa shape index (κ2) is 8.03. The van der Waals surface area contributed by atoms with Crippen LogP contribution in [0.15, 0.2) is 46.8 Å². The summed E-state index contributed by atoms with van der Waals surface area (Å²) in [6.45, 7) is 0.503. The number of carbonyl (C=O) groups is 1. The lowest BCUT2D eigenvalue weighted by molar-refractivity contribution is -0.384. The summed E-state index contributed by atoms with van der Waals surface area (Å²) in [5.74, 6) is 0.238. The minimum absolute atomic E-state index is 0.0183. The number of halogens is 1. The Kier molecular flexibility index (Phi) is 5.75. The first-order valence-electron chi connectivity index (χ1n) is 7.58. The first kappa shape index (κ1) is 18.6. The van der Waals surface area contributed by atoms with Crippen LogP contribution in [-0.2, 0) is 11.3 Å². The Labute approximate surface area is 162 Å². The second-order valence-electron chi connectivity index (χ2n) is 5.55. The first-order valence-corrected chi connectivity index (χ1v) is 9.76. The van der Waals surface area contributed by atoms with Crippen molar-refractivity contribution in [3.8, 4) is 0 Å². The van der Waals surface area contributed by atoms with Gasteiger partial charge in [0.1, 0.15) is 0 Å². The van der Waals surface area contributed by atoms with E-state index < -0.39 is 4.92 Å². The summed E-state index contributed by atoms with van der Waals surface area (Å²) >= 11 is 8.55. The zero-order valence-electron chi connectivity index (χ0n) is 13.7. The van der Waals surface area contributed by atoms with Crippen molar-refractivity contribution in [2.24, 2.45) is 0 Å². The zero-order valence-corrected chi connectivity index (χ0v) is 16.1. The van der Waals surface area contributed by atoms with E-state index >= 15 is 0 Å². The highest BCUT2D eigenvalue weighted by atomic mass is 35.5. The molecule has 0 fully saturated rings. The molecule has 0 atom stereocenters. The number of fused-ring (bicyclic) bond motifs is 1. The molecule has 0 saturated carbocycles. The third kappa shape index (κ3) is 4.51. The van der Waals surface area contributed by atoms with Crippen LogP contribution >= 0.6 is 34.7 Å². The van der Waals surface area contributed by atoms with Gasteiger partial charge >= 0.3 is 0 Å². The van der Waals surface area contributed by atoms with Crippen LogP contribution in [0.3, 0.4) is 0 Å². The van der Waals surface area contributed by atoms with Gasteiger partial charge < -0.3 is 4.90 Å². The lowest BCUT2D eigenvalue weighted by Crippen LogP contribution is -2.27. The minimum Gasteiger partial charge on any atom is -0.341 e. The van der Waals surface area contributed by atoms with Crippen molar-refractivity contribution < 1.29 is 9.72 Å². The summed E-state index contributed by atoms with van der Waals surface area (Å²) in [6, 6.07) is 11.9. The molecular weight excluding hydrogens is 394 g/mol. The number of nitro groups is 1. The molecule has 9 heteroatoms. The average molecular weight is 408 g/mol. The molecule has 0 saturated heterocycles. The molecular formula is C17H14ClN3O3S2. The Bertz CT molecular complexity index is 960. The SMILES string of the molecule is CN(Cc1ccc(Cl)cc1)C(=O)CSc1nc2ccc([N+](=O)[O-])cc2s1. The molecule has 1 heterocycles. The molecule has 1 aromatic heterocycles. The van der Waals surface area contributed by atoms with Gasteiger partial charge in [-0.1, -0.05) is 35.5 Å². The number of carbonyl (C=O) groups excluding carboxylic acids is 1. The van der Waals surface area contributed by atoms with Gasteiger partial charge in [0.25, 0.3) is 5.69 Å². The Balaban J connectivity index is 1.60. The summed E-state index contributed by atoms with van der Waals surface area (Å²) in [6.07, 6.45) is 0. The monoisotopic (exact) mass is 407 g/mol. The smallest absolute Gasteiger partial charge is 0.270 e. The maximum atomic E-state index is 12.3. The van der Waals surface area contributed by atoms with Gasteiger partial charge in [-0.3, -0.25) is 14.9 Å². The normalized spacial score (nSPS) is 10.8. The van der Waals surface area contributed by atoms with Crippen molar-refractivity contribution >= 4 is 56.5 Å². The lowest BCUT2D eigenvalue weighted by Gasteiger charge is -2.16. The summed E-state index contributed by atoms with van der Waals surface area (Å²) < 4.78 is 1.46. The molecule has 0 aliphatic heterocycles. The maximum Gasteiger partial charge on any atom is 0.270 e. The summed E-state index contributed by atoms with van der Waals surface area (Å²) in [5.41, 5.74) is 1.74. The van der Waals surface area contributed by atoms with Crippen molar-refractivity contribution in [1.82, 2.24) is 9.88 Å². The largest absolute Gasteiger partial charge is 0.341 e. The standard InChI is InChI=1S/C17H14ClN3O3S2/c1-20(9-11-2-4-12(18)5-3-11)16(22)10-25-17-19-14-7-6-13(21(23)24)8-15(14)26-17/h2-8H,9-10H2,1H3. The molecule has 6 nitrogen and oxygen atoms in total. The number of nitro benzene ring substituents is 1.